The molecule has 1 aliphatic heterocycles. The van der Waals surface area contributed by atoms with Gasteiger partial charge in [0.05, 0.1) is 6.54 Å². The first-order valence-electron chi connectivity index (χ1n) is 6.05. The molecule has 0 radical (unpaired) electrons. The lowest BCUT2D eigenvalue weighted by atomic mass is 10.2. The summed E-state index contributed by atoms with van der Waals surface area (Å²) in [4.78, 5) is 3.99. The van der Waals surface area contributed by atoms with Gasteiger partial charge in [-0.15, -0.1) is 0 Å². The van der Waals surface area contributed by atoms with Crippen molar-refractivity contribution >= 4 is 16.0 Å². The van der Waals surface area contributed by atoms with Crippen LogP contribution >= 0.6 is 0 Å². The number of nitrogens with two attached hydrogens (primary N) is 1. The average molecular weight is 280 g/mol. The first-order chi connectivity index (χ1) is 9.12. The van der Waals surface area contributed by atoms with Gasteiger partial charge < -0.3 is 5.73 Å². The van der Waals surface area contributed by atoms with Crippen LogP contribution in [0, 0.1) is 11.8 Å². The van der Waals surface area contributed by atoms with Gasteiger partial charge in [0.15, 0.2) is 0 Å². The Kier molecular flexibility index (Phi) is 4.37. The highest BCUT2D eigenvalue weighted by molar-refractivity contribution is 7.90. The molecule has 2 heterocycles. The normalized spacial score (nSPS) is 15.8. The maximum atomic E-state index is 12.0. The number of pyridine rings is 1. The number of anilines is 1. The highest BCUT2D eigenvalue weighted by atomic mass is 32.2. The SMILES string of the molecule is NCC#Cc1ccnc(NS(=O)(=O)N2CCCC2)c1. The average Bonchev–Trinajstić information content (AvgIpc) is 2.91. The summed E-state index contributed by atoms with van der Waals surface area (Å²) in [5.74, 6) is 5.82. The molecule has 1 saturated heterocycles. The Bertz CT molecular complexity index is 598. The molecular weight excluding hydrogens is 264 g/mol. The Morgan fingerprint density at radius 1 is 1.42 bits per heavy atom. The molecule has 102 valence electrons. The molecule has 1 fully saturated rings. The molecule has 3 N–H and O–H groups in total. The van der Waals surface area contributed by atoms with E-state index in [9.17, 15) is 8.42 Å². The summed E-state index contributed by atoms with van der Waals surface area (Å²) in [6.07, 6.45) is 3.31. The highest BCUT2D eigenvalue weighted by Gasteiger charge is 2.25. The van der Waals surface area contributed by atoms with E-state index in [4.69, 9.17) is 5.73 Å². The molecule has 0 amide bonds. The molecule has 19 heavy (non-hydrogen) atoms. The standard InChI is InChI=1S/C12H16N4O2S/c13-6-3-4-11-5-7-14-12(10-11)15-19(17,18)16-8-1-2-9-16/h5,7,10H,1-2,6,8-9,13H2,(H,14,15). The monoisotopic (exact) mass is 280 g/mol. The van der Waals surface area contributed by atoms with Crippen LogP contribution in [-0.4, -0.2) is 37.3 Å². The van der Waals surface area contributed by atoms with Crippen molar-refractivity contribution < 1.29 is 8.42 Å². The van der Waals surface area contributed by atoms with Gasteiger partial charge in [0.1, 0.15) is 5.82 Å². The second kappa shape index (κ2) is 6.02. The molecule has 2 rings (SSSR count). The van der Waals surface area contributed by atoms with Crippen molar-refractivity contribution in [2.45, 2.75) is 12.8 Å². The molecule has 0 spiro atoms. The number of hydrogen-bond donors (Lipinski definition) is 2. The van der Waals surface area contributed by atoms with E-state index in [1.807, 2.05) is 0 Å². The maximum Gasteiger partial charge on any atom is 0.302 e. The summed E-state index contributed by atoms with van der Waals surface area (Å²) >= 11 is 0. The van der Waals surface area contributed by atoms with Gasteiger partial charge in [0.2, 0.25) is 0 Å². The van der Waals surface area contributed by atoms with Crippen LogP contribution in [0.2, 0.25) is 0 Å². The zero-order valence-corrected chi connectivity index (χ0v) is 11.3. The van der Waals surface area contributed by atoms with E-state index < -0.39 is 10.2 Å². The van der Waals surface area contributed by atoms with Crippen molar-refractivity contribution in [1.82, 2.24) is 9.29 Å². The van der Waals surface area contributed by atoms with Crippen LogP contribution < -0.4 is 10.5 Å². The molecule has 1 aromatic rings. The minimum atomic E-state index is -3.50. The zero-order chi connectivity index (χ0) is 13.7. The number of nitrogens with one attached hydrogen (secondary N) is 1. The van der Waals surface area contributed by atoms with Gasteiger partial charge in [-0.25, -0.2) is 4.98 Å². The fraction of sp³-hybridized carbons (Fsp3) is 0.417. The predicted octanol–water partition coefficient (Wildman–Crippen LogP) is 0.144. The van der Waals surface area contributed by atoms with Gasteiger partial charge in [-0.2, -0.15) is 12.7 Å². The van der Waals surface area contributed by atoms with E-state index in [1.54, 1.807) is 12.1 Å². The third kappa shape index (κ3) is 3.67. The van der Waals surface area contributed by atoms with E-state index >= 15 is 0 Å². The highest BCUT2D eigenvalue weighted by Crippen LogP contribution is 2.15. The molecule has 0 unspecified atom stereocenters. The van der Waals surface area contributed by atoms with Crippen LogP contribution in [0.25, 0.3) is 0 Å². The van der Waals surface area contributed by atoms with Gasteiger partial charge in [-0.1, -0.05) is 11.8 Å². The Balaban J connectivity index is 2.14. The first-order valence-corrected chi connectivity index (χ1v) is 7.49. The van der Waals surface area contributed by atoms with E-state index in [-0.39, 0.29) is 12.4 Å². The predicted molar refractivity (Wildman–Crippen MR) is 73.5 cm³/mol. The van der Waals surface area contributed by atoms with Crippen LogP contribution in [0.5, 0.6) is 0 Å². The molecular formula is C12H16N4O2S. The Hall–Kier alpha value is -1.62. The Labute approximate surface area is 113 Å². The third-order valence-corrected chi connectivity index (χ3v) is 4.25. The van der Waals surface area contributed by atoms with Gasteiger partial charge in [-0.05, 0) is 25.0 Å². The van der Waals surface area contributed by atoms with Crippen molar-refractivity contribution in [1.29, 1.82) is 0 Å². The molecule has 7 heteroatoms. The van der Waals surface area contributed by atoms with Gasteiger partial charge in [0, 0.05) is 24.8 Å². The quantitative estimate of drug-likeness (QED) is 0.771. The molecule has 0 aromatic carbocycles. The lowest BCUT2D eigenvalue weighted by Gasteiger charge is -2.16. The van der Waals surface area contributed by atoms with Crippen molar-refractivity contribution in [2.24, 2.45) is 5.73 Å². The summed E-state index contributed by atoms with van der Waals surface area (Å²) in [6, 6.07) is 3.30. The Morgan fingerprint density at radius 2 is 2.16 bits per heavy atom. The van der Waals surface area contributed by atoms with E-state index in [0.29, 0.717) is 18.7 Å². The minimum absolute atomic E-state index is 0.261. The summed E-state index contributed by atoms with van der Waals surface area (Å²) in [7, 11) is -3.50. The number of nitrogens with zero attached hydrogens (tertiary/aromatic N) is 2. The first kappa shape index (κ1) is 13.8. The summed E-state index contributed by atoms with van der Waals surface area (Å²) in [5.41, 5.74) is 5.97. The van der Waals surface area contributed by atoms with Crippen molar-refractivity contribution in [3.8, 4) is 11.8 Å². The van der Waals surface area contributed by atoms with Gasteiger partial charge in [-0.3, -0.25) is 4.72 Å². The van der Waals surface area contributed by atoms with Crippen molar-refractivity contribution in [2.75, 3.05) is 24.4 Å². The van der Waals surface area contributed by atoms with Crippen molar-refractivity contribution in [3.05, 3.63) is 23.9 Å². The lowest BCUT2D eigenvalue weighted by Crippen LogP contribution is -2.33. The number of aromatic nitrogens is 1. The van der Waals surface area contributed by atoms with Crippen LogP contribution in [-0.2, 0) is 10.2 Å². The Morgan fingerprint density at radius 3 is 2.84 bits per heavy atom. The van der Waals surface area contributed by atoms with Crippen molar-refractivity contribution in [3.63, 3.8) is 0 Å². The third-order valence-electron chi connectivity index (χ3n) is 2.73. The van der Waals surface area contributed by atoms with E-state index in [1.165, 1.54) is 10.5 Å². The molecule has 1 aromatic heterocycles. The van der Waals surface area contributed by atoms with Gasteiger partial charge in [0.25, 0.3) is 0 Å². The van der Waals surface area contributed by atoms with E-state index in [0.717, 1.165) is 12.8 Å². The molecule has 0 atom stereocenters. The topological polar surface area (TPSA) is 88.3 Å². The summed E-state index contributed by atoms with van der Waals surface area (Å²) in [6.45, 7) is 1.38. The summed E-state index contributed by atoms with van der Waals surface area (Å²) < 4.78 is 28.0. The molecule has 6 nitrogen and oxygen atoms in total. The summed E-state index contributed by atoms with van der Waals surface area (Å²) in [5, 5.41) is 0. The van der Waals surface area contributed by atoms with Gasteiger partial charge >= 0.3 is 10.2 Å². The van der Waals surface area contributed by atoms with Crippen LogP contribution in [0.3, 0.4) is 0 Å². The molecule has 0 bridgehead atoms. The molecule has 0 aliphatic carbocycles. The van der Waals surface area contributed by atoms with Crippen LogP contribution in [0.1, 0.15) is 18.4 Å². The zero-order valence-electron chi connectivity index (χ0n) is 10.5. The smallest absolute Gasteiger partial charge is 0.302 e. The maximum absolute atomic E-state index is 12.0. The van der Waals surface area contributed by atoms with Crippen LogP contribution in [0.15, 0.2) is 18.3 Å². The number of hydrogen-bond acceptors (Lipinski definition) is 4. The largest absolute Gasteiger partial charge is 0.320 e. The number of rotatable bonds is 3. The fourth-order valence-electron chi connectivity index (χ4n) is 1.84. The molecule has 1 aliphatic rings. The minimum Gasteiger partial charge on any atom is -0.320 e. The van der Waals surface area contributed by atoms with E-state index in [2.05, 4.69) is 21.5 Å². The second-order valence-electron chi connectivity index (χ2n) is 4.15. The van der Waals surface area contributed by atoms with Crippen LogP contribution in [0.4, 0.5) is 5.82 Å². The molecule has 0 saturated carbocycles. The fourth-order valence-corrected chi connectivity index (χ4v) is 3.09. The lowest BCUT2D eigenvalue weighted by molar-refractivity contribution is 0.482. The second-order valence-corrected chi connectivity index (χ2v) is 5.82.